The van der Waals surface area contributed by atoms with Crippen LogP contribution in [0.25, 0.3) is 0 Å². The monoisotopic (exact) mass is 271 g/mol. The van der Waals surface area contributed by atoms with E-state index in [4.69, 9.17) is 9.47 Å². The Labute approximate surface area is 107 Å². The first-order chi connectivity index (χ1) is 8.57. The molecule has 6 heteroatoms. The van der Waals surface area contributed by atoms with E-state index in [9.17, 15) is 8.42 Å². The summed E-state index contributed by atoms with van der Waals surface area (Å²) in [7, 11) is -3.33. The molecule has 2 rings (SSSR count). The van der Waals surface area contributed by atoms with Crippen LogP contribution < -0.4 is 0 Å². The number of ether oxygens (including phenoxy) is 2. The van der Waals surface area contributed by atoms with Crippen LogP contribution in [0.15, 0.2) is 30.3 Å². The Kier molecular flexibility index (Phi) is 4.34. The van der Waals surface area contributed by atoms with Crippen LogP contribution in [0.4, 0.5) is 0 Å². The minimum absolute atomic E-state index is 0.278. The number of hydrogen-bond donors (Lipinski definition) is 0. The van der Waals surface area contributed by atoms with E-state index in [2.05, 4.69) is 0 Å². The molecular formula is C12H17NO4S. The van der Waals surface area contributed by atoms with Gasteiger partial charge in [-0.15, -0.1) is 0 Å². The van der Waals surface area contributed by atoms with Crippen LogP contribution in [0.1, 0.15) is 5.56 Å². The SMILES string of the molecule is CS(=O)(=O)N(Cc1ccccc1)C1COCCO1. The third kappa shape index (κ3) is 3.52. The van der Waals surface area contributed by atoms with Gasteiger partial charge in [-0.25, -0.2) is 8.42 Å². The number of benzene rings is 1. The fourth-order valence-electron chi connectivity index (χ4n) is 1.84. The van der Waals surface area contributed by atoms with Crippen LogP contribution in [0, 0.1) is 0 Å². The second-order valence-corrected chi connectivity index (χ2v) is 6.13. The Morgan fingerprint density at radius 2 is 2.00 bits per heavy atom. The van der Waals surface area contributed by atoms with Crippen LogP contribution in [0.3, 0.4) is 0 Å². The molecule has 0 aliphatic carbocycles. The molecule has 0 amide bonds. The lowest BCUT2D eigenvalue weighted by Crippen LogP contribution is -2.46. The molecule has 100 valence electrons. The van der Waals surface area contributed by atoms with Crippen molar-refractivity contribution in [3.05, 3.63) is 35.9 Å². The molecule has 0 spiro atoms. The molecule has 1 aromatic rings. The molecule has 5 nitrogen and oxygen atoms in total. The van der Waals surface area contributed by atoms with Crippen molar-refractivity contribution in [1.82, 2.24) is 4.31 Å². The molecular weight excluding hydrogens is 254 g/mol. The largest absolute Gasteiger partial charge is 0.375 e. The maximum atomic E-state index is 11.8. The van der Waals surface area contributed by atoms with Gasteiger partial charge in [-0.1, -0.05) is 30.3 Å². The maximum Gasteiger partial charge on any atom is 0.213 e. The molecule has 1 saturated heterocycles. The Morgan fingerprint density at radius 1 is 1.28 bits per heavy atom. The molecule has 1 aromatic carbocycles. The van der Waals surface area contributed by atoms with Gasteiger partial charge in [-0.3, -0.25) is 0 Å². The lowest BCUT2D eigenvalue weighted by Gasteiger charge is -2.32. The zero-order valence-electron chi connectivity index (χ0n) is 10.3. The van der Waals surface area contributed by atoms with Crippen LogP contribution >= 0.6 is 0 Å². The first-order valence-electron chi connectivity index (χ1n) is 5.77. The van der Waals surface area contributed by atoms with E-state index in [1.165, 1.54) is 10.6 Å². The smallest absolute Gasteiger partial charge is 0.213 e. The first kappa shape index (κ1) is 13.5. The van der Waals surface area contributed by atoms with Crippen molar-refractivity contribution in [2.45, 2.75) is 12.8 Å². The minimum Gasteiger partial charge on any atom is -0.375 e. The highest BCUT2D eigenvalue weighted by molar-refractivity contribution is 7.88. The summed E-state index contributed by atoms with van der Waals surface area (Å²) in [4.78, 5) is 0. The zero-order valence-corrected chi connectivity index (χ0v) is 11.1. The second kappa shape index (κ2) is 5.79. The lowest BCUT2D eigenvalue weighted by atomic mass is 10.2. The molecule has 0 radical (unpaired) electrons. The van der Waals surface area contributed by atoms with Gasteiger partial charge in [0.2, 0.25) is 10.0 Å². The molecule has 1 atom stereocenters. The van der Waals surface area contributed by atoms with E-state index in [-0.39, 0.29) is 6.61 Å². The Balaban J connectivity index is 2.15. The predicted molar refractivity (Wildman–Crippen MR) is 67.4 cm³/mol. The molecule has 1 aliphatic rings. The number of sulfonamides is 1. The van der Waals surface area contributed by atoms with Crippen molar-refractivity contribution < 1.29 is 17.9 Å². The van der Waals surface area contributed by atoms with Gasteiger partial charge in [-0.2, -0.15) is 4.31 Å². The number of nitrogens with zero attached hydrogens (tertiary/aromatic N) is 1. The normalized spacial score (nSPS) is 21.1. The summed E-state index contributed by atoms with van der Waals surface area (Å²) in [5.41, 5.74) is 0.928. The summed E-state index contributed by atoms with van der Waals surface area (Å²) in [5, 5.41) is 0. The highest BCUT2D eigenvalue weighted by Crippen LogP contribution is 2.15. The van der Waals surface area contributed by atoms with E-state index in [0.717, 1.165) is 5.56 Å². The van der Waals surface area contributed by atoms with Gasteiger partial charge in [0.1, 0.15) is 6.23 Å². The molecule has 1 unspecified atom stereocenters. The number of hydrogen-bond acceptors (Lipinski definition) is 4. The van der Waals surface area contributed by atoms with Crippen molar-refractivity contribution in [3.63, 3.8) is 0 Å². The van der Waals surface area contributed by atoms with E-state index in [1.807, 2.05) is 30.3 Å². The van der Waals surface area contributed by atoms with Crippen molar-refractivity contribution in [2.24, 2.45) is 0 Å². The summed E-state index contributed by atoms with van der Waals surface area (Å²) in [6, 6.07) is 9.44. The predicted octanol–water partition coefficient (Wildman–Crippen LogP) is 0.821. The standard InChI is InChI=1S/C12H17NO4S/c1-18(14,15)13(12-10-16-7-8-17-12)9-11-5-3-2-4-6-11/h2-6,12H,7-10H2,1H3. The van der Waals surface area contributed by atoms with E-state index in [0.29, 0.717) is 19.8 Å². The van der Waals surface area contributed by atoms with Gasteiger partial charge in [0.15, 0.2) is 0 Å². The zero-order chi connectivity index (χ0) is 13.0. The minimum atomic E-state index is -3.33. The summed E-state index contributed by atoms with van der Waals surface area (Å²) in [5.74, 6) is 0. The van der Waals surface area contributed by atoms with Crippen molar-refractivity contribution in [2.75, 3.05) is 26.1 Å². The first-order valence-corrected chi connectivity index (χ1v) is 7.62. The number of rotatable bonds is 4. The summed E-state index contributed by atoms with van der Waals surface area (Å²) < 4.78 is 35.7. The summed E-state index contributed by atoms with van der Waals surface area (Å²) in [6.45, 7) is 1.51. The van der Waals surface area contributed by atoms with E-state index >= 15 is 0 Å². The van der Waals surface area contributed by atoms with Crippen molar-refractivity contribution in [1.29, 1.82) is 0 Å². The van der Waals surface area contributed by atoms with Crippen molar-refractivity contribution in [3.8, 4) is 0 Å². The van der Waals surface area contributed by atoms with Gasteiger partial charge in [0, 0.05) is 6.54 Å². The Bertz CT molecular complexity index is 468. The molecule has 1 fully saturated rings. The van der Waals surface area contributed by atoms with Crippen LogP contribution in [-0.4, -0.2) is 45.0 Å². The molecule has 0 bridgehead atoms. The molecule has 0 aromatic heterocycles. The van der Waals surface area contributed by atoms with E-state index < -0.39 is 16.3 Å². The maximum absolute atomic E-state index is 11.8. The Morgan fingerprint density at radius 3 is 2.56 bits per heavy atom. The summed E-state index contributed by atoms with van der Waals surface area (Å²) in [6.07, 6.45) is 0.655. The van der Waals surface area contributed by atoms with Crippen LogP contribution in [0.2, 0.25) is 0 Å². The van der Waals surface area contributed by atoms with Crippen LogP contribution in [0.5, 0.6) is 0 Å². The average Bonchev–Trinajstić information content (AvgIpc) is 2.37. The second-order valence-electron chi connectivity index (χ2n) is 4.19. The molecule has 1 aliphatic heterocycles. The Hall–Kier alpha value is -0.950. The highest BCUT2D eigenvalue weighted by Gasteiger charge is 2.29. The van der Waals surface area contributed by atoms with E-state index in [1.54, 1.807) is 0 Å². The highest BCUT2D eigenvalue weighted by atomic mass is 32.2. The molecule has 18 heavy (non-hydrogen) atoms. The molecule has 1 heterocycles. The van der Waals surface area contributed by atoms with Gasteiger partial charge < -0.3 is 9.47 Å². The molecule has 0 saturated carbocycles. The fourth-order valence-corrected chi connectivity index (χ4v) is 2.77. The topological polar surface area (TPSA) is 55.8 Å². The van der Waals surface area contributed by atoms with Gasteiger partial charge in [0.05, 0.1) is 26.1 Å². The summed E-state index contributed by atoms with van der Waals surface area (Å²) >= 11 is 0. The third-order valence-electron chi connectivity index (χ3n) is 2.73. The van der Waals surface area contributed by atoms with Gasteiger partial charge in [-0.05, 0) is 5.56 Å². The average molecular weight is 271 g/mol. The van der Waals surface area contributed by atoms with Gasteiger partial charge >= 0.3 is 0 Å². The quantitative estimate of drug-likeness (QED) is 0.813. The van der Waals surface area contributed by atoms with Crippen LogP contribution in [-0.2, 0) is 26.0 Å². The van der Waals surface area contributed by atoms with Crippen molar-refractivity contribution >= 4 is 10.0 Å². The third-order valence-corrected chi connectivity index (χ3v) is 3.94. The van der Waals surface area contributed by atoms with Gasteiger partial charge in [0.25, 0.3) is 0 Å². The lowest BCUT2D eigenvalue weighted by molar-refractivity contribution is -0.132. The fraction of sp³-hybridized carbons (Fsp3) is 0.500. The molecule has 0 N–H and O–H groups in total.